The minimum atomic E-state index is -1.07. The summed E-state index contributed by atoms with van der Waals surface area (Å²) in [7, 11) is 0. The van der Waals surface area contributed by atoms with Crippen molar-refractivity contribution < 1.29 is 19.5 Å². The first-order valence-corrected chi connectivity index (χ1v) is 10.3. The van der Waals surface area contributed by atoms with Gasteiger partial charge in [0.1, 0.15) is 0 Å². The summed E-state index contributed by atoms with van der Waals surface area (Å²) in [6.45, 7) is 0. The Morgan fingerprint density at radius 2 is 1.65 bits per heavy atom. The largest absolute Gasteiger partial charge is 0.478 e. The molecule has 7 heteroatoms. The van der Waals surface area contributed by atoms with E-state index in [4.69, 9.17) is 11.6 Å². The van der Waals surface area contributed by atoms with Crippen molar-refractivity contribution in [2.24, 2.45) is 11.8 Å². The molecule has 154 valence electrons. The number of aromatic carboxylic acids is 1. The number of carbonyl (C=O) groups excluding carboxylic acids is 2. The van der Waals surface area contributed by atoms with Crippen molar-refractivity contribution in [3.05, 3.63) is 71.3 Å². The summed E-state index contributed by atoms with van der Waals surface area (Å²) in [6, 6.07) is 13.4. The van der Waals surface area contributed by atoms with Gasteiger partial charge >= 0.3 is 5.97 Å². The molecule has 6 nitrogen and oxygen atoms in total. The fraction of sp³-hybridized carbons (Fsp3) is 0.167. The molecule has 3 aromatic rings. The van der Waals surface area contributed by atoms with Gasteiger partial charge in [0, 0.05) is 10.9 Å². The van der Waals surface area contributed by atoms with Crippen molar-refractivity contribution in [1.82, 2.24) is 4.98 Å². The van der Waals surface area contributed by atoms with E-state index in [2.05, 4.69) is 4.98 Å². The number of benzene rings is 2. The quantitative estimate of drug-likeness (QED) is 0.478. The van der Waals surface area contributed by atoms with Crippen molar-refractivity contribution in [2.75, 3.05) is 4.90 Å². The lowest BCUT2D eigenvalue weighted by atomic mass is 9.85. The van der Waals surface area contributed by atoms with E-state index in [0.717, 1.165) is 0 Å². The van der Waals surface area contributed by atoms with Crippen LogP contribution in [-0.2, 0) is 9.59 Å². The molecule has 0 spiro atoms. The number of aromatic nitrogens is 1. The third kappa shape index (κ3) is 3.11. The summed E-state index contributed by atoms with van der Waals surface area (Å²) in [6.07, 6.45) is 5.08. The van der Waals surface area contributed by atoms with Gasteiger partial charge in [-0.2, -0.15) is 0 Å². The van der Waals surface area contributed by atoms with Gasteiger partial charge < -0.3 is 5.11 Å². The lowest BCUT2D eigenvalue weighted by molar-refractivity contribution is -0.122. The number of halogens is 1. The molecule has 2 atom stereocenters. The zero-order valence-electron chi connectivity index (χ0n) is 16.3. The normalized spacial score (nSPS) is 20.4. The number of pyridine rings is 1. The Kier molecular flexibility index (Phi) is 4.59. The van der Waals surface area contributed by atoms with Crippen LogP contribution in [0.5, 0.6) is 0 Å². The highest BCUT2D eigenvalue weighted by Gasteiger charge is 2.47. The van der Waals surface area contributed by atoms with Crippen molar-refractivity contribution >= 4 is 46.0 Å². The van der Waals surface area contributed by atoms with Gasteiger partial charge in [-0.25, -0.2) is 9.78 Å². The number of amides is 2. The van der Waals surface area contributed by atoms with Crippen LogP contribution >= 0.6 is 11.6 Å². The van der Waals surface area contributed by atoms with E-state index in [0.29, 0.717) is 45.7 Å². The summed E-state index contributed by atoms with van der Waals surface area (Å²) in [5, 5.41) is 10.5. The minimum Gasteiger partial charge on any atom is -0.478 e. The van der Waals surface area contributed by atoms with Crippen LogP contribution in [0.15, 0.2) is 60.7 Å². The molecule has 31 heavy (non-hydrogen) atoms. The van der Waals surface area contributed by atoms with Gasteiger partial charge in [-0.05, 0) is 37.1 Å². The summed E-state index contributed by atoms with van der Waals surface area (Å²) in [5.41, 5.74) is 2.12. The van der Waals surface area contributed by atoms with Gasteiger partial charge in [-0.1, -0.05) is 48.0 Å². The lowest BCUT2D eigenvalue weighted by Crippen LogP contribution is -2.30. The highest BCUT2D eigenvalue weighted by Crippen LogP contribution is 2.38. The minimum absolute atomic E-state index is 0.105. The standard InChI is InChI=1S/C24H17ClN2O4/c25-19-7-3-6-15-18(24(30)31)12-20(26-21(15)19)13-8-10-14(11-9-13)27-22(28)16-4-1-2-5-17(16)23(27)29/h1-3,6-12,16-17H,4-5H2,(H,30,31)/t16-,17+. The number of carboxylic acids is 1. The molecule has 1 fully saturated rings. The second-order valence-corrected chi connectivity index (χ2v) is 8.12. The lowest BCUT2D eigenvalue weighted by Gasteiger charge is -2.15. The van der Waals surface area contributed by atoms with Crippen LogP contribution in [0.3, 0.4) is 0 Å². The van der Waals surface area contributed by atoms with Crippen molar-refractivity contribution in [1.29, 1.82) is 0 Å². The molecule has 0 radical (unpaired) electrons. The second kappa shape index (κ2) is 7.32. The van der Waals surface area contributed by atoms with Crippen LogP contribution in [-0.4, -0.2) is 27.9 Å². The number of carboxylic acid groups (broad SMARTS) is 1. The molecule has 2 aromatic carbocycles. The van der Waals surface area contributed by atoms with Crippen molar-refractivity contribution in [3.63, 3.8) is 0 Å². The highest BCUT2D eigenvalue weighted by molar-refractivity contribution is 6.35. The number of carbonyl (C=O) groups is 3. The van der Waals surface area contributed by atoms with E-state index in [-0.39, 0.29) is 29.2 Å². The van der Waals surface area contributed by atoms with E-state index in [1.165, 1.54) is 11.0 Å². The van der Waals surface area contributed by atoms with Gasteiger partial charge in [-0.15, -0.1) is 0 Å². The maximum Gasteiger partial charge on any atom is 0.336 e. The molecule has 0 saturated carbocycles. The van der Waals surface area contributed by atoms with Gasteiger partial charge in [0.15, 0.2) is 0 Å². The molecule has 2 heterocycles. The topological polar surface area (TPSA) is 87.6 Å². The first-order valence-electron chi connectivity index (χ1n) is 9.91. The van der Waals surface area contributed by atoms with Crippen LogP contribution in [0.2, 0.25) is 5.02 Å². The molecule has 1 aliphatic carbocycles. The molecule has 1 aliphatic heterocycles. The molecular formula is C24H17ClN2O4. The zero-order valence-corrected chi connectivity index (χ0v) is 17.0. The number of rotatable bonds is 3. The molecular weight excluding hydrogens is 416 g/mol. The monoisotopic (exact) mass is 432 g/mol. The smallest absolute Gasteiger partial charge is 0.336 e. The molecule has 5 rings (SSSR count). The average Bonchev–Trinajstić information content (AvgIpc) is 3.04. The molecule has 0 bridgehead atoms. The summed E-state index contributed by atoms with van der Waals surface area (Å²) in [4.78, 5) is 43.2. The summed E-state index contributed by atoms with van der Waals surface area (Å²) in [5.74, 6) is -2.00. The molecule has 1 aromatic heterocycles. The van der Waals surface area contributed by atoms with E-state index in [1.54, 1.807) is 42.5 Å². The van der Waals surface area contributed by atoms with Crippen LogP contribution < -0.4 is 4.90 Å². The molecule has 2 amide bonds. The number of para-hydroxylation sites is 1. The Balaban J connectivity index is 1.53. The van der Waals surface area contributed by atoms with E-state index >= 15 is 0 Å². The Hall–Kier alpha value is -3.51. The van der Waals surface area contributed by atoms with E-state index < -0.39 is 5.97 Å². The molecule has 0 unspecified atom stereocenters. The molecule has 1 N–H and O–H groups in total. The SMILES string of the molecule is O=C(O)c1cc(-c2ccc(N3C(=O)[C@H]4CC=CC[C@H]4C3=O)cc2)nc2c(Cl)cccc12. The Bertz CT molecular complexity index is 1260. The third-order valence-corrected chi connectivity index (χ3v) is 6.25. The third-order valence-electron chi connectivity index (χ3n) is 5.95. The van der Waals surface area contributed by atoms with Gasteiger partial charge in [0.25, 0.3) is 0 Å². The predicted octanol–water partition coefficient (Wildman–Crippen LogP) is 4.71. The number of imide groups is 1. The summed E-state index contributed by atoms with van der Waals surface area (Å²) >= 11 is 6.25. The van der Waals surface area contributed by atoms with Gasteiger partial charge in [-0.3, -0.25) is 14.5 Å². The van der Waals surface area contributed by atoms with Crippen LogP contribution in [0.4, 0.5) is 5.69 Å². The first-order chi connectivity index (χ1) is 15.0. The highest BCUT2D eigenvalue weighted by atomic mass is 35.5. The Morgan fingerprint density at radius 3 is 2.26 bits per heavy atom. The van der Waals surface area contributed by atoms with Crippen molar-refractivity contribution in [3.8, 4) is 11.3 Å². The fourth-order valence-corrected chi connectivity index (χ4v) is 4.59. The zero-order chi connectivity index (χ0) is 21.7. The number of allylic oxidation sites excluding steroid dienone is 2. The van der Waals surface area contributed by atoms with Crippen LogP contribution in [0.25, 0.3) is 22.2 Å². The number of hydrogen-bond donors (Lipinski definition) is 1. The average molecular weight is 433 g/mol. The number of anilines is 1. The maximum absolute atomic E-state index is 12.8. The Labute approximate surface area is 182 Å². The maximum atomic E-state index is 12.8. The van der Waals surface area contributed by atoms with Crippen LogP contribution in [0, 0.1) is 11.8 Å². The van der Waals surface area contributed by atoms with Gasteiger partial charge in [0.05, 0.1) is 39.3 Å². The van der Waals surface area contributed by atoms with E-state index in [1.807, 2.05) is 12.2 Å². The Morgan fingerprint density at radius 1 is 1.00 bits per heavy atom. The molecule has 1 saturated heterocycles. The number of fused-ring (bicyclic) bond motifs is 2. The second-order valence-electron chi connectivity index (χ2n) is 7.71. The number of hydrogen-bond acceptors (Lipinski definition) is 4. The summed E-state index contributed by atoms with van der Waals surface area (Å²) < 4.78 is 0. The van der Waals surface area contributed by atoms with Crippen LogP contribution in [0.1, 0.15) is 23.2 Å². The van der Waals surface area contributed by atoms with Crippen molar-refractivity contribution in [2.45, 2.75) is 12.8 Å². The van der Waals surface area contributed by atoms with Gasteiger partial charge in [0.2, 0.25) is 11.8 Å². The number of nitrogens with zero attached hydrogens (tertiary/aromatic N) is 2. The molecule has 2 aliphatic rings. The fourth-order valence-electron chi connectivity index (χ4n) is 4.37. The first kappa shape index (κ1) is 19.5. The van der Waals surface area contributed by atoms with E-state index in [9.17, 15) is 19.5 Å². The predicted molar refractivity (Wildman–Crippen MR) is 117 cm³/mol.